The molecule has 94 valence electrons. The van der Waals surface area contributed by atoms with E-state index in [0.29, 0.717) is 16.4 Å². The highest BCUT2D eigenvalue weighted by molar-refractivity contribution is 7.08. The van der Waals surface area contributed by atoms with Crippen LogP contribution >= 0.6 is 22.9 Å². The van der Waals surface area contributed by atoms with E-state index in [2.05, 4.69) is 0 Å². The van der Waals surface area contributed by atoms with E-state index in [-0.39, 0.29) is 5.78 Å². The van der Waals surface area contributed by atoms with Gasteiger partial charge < -0.3 is 4.42 Å². The first-order valence-electron chi connectivity index (χ1n) is 5.66. The number of ketones is 1. The lowest BCUT2D eigenvalue weighted by Gasteiger charge is -1.88. The fraction of sp³-hybridized carbons (Fsp3) is 0. The van der Waals surface area contributed by atoms with Gasteiger partial charge in [-0.05, 0) is 52.7 Å². The van der Waals surface area contributed by atoms with Crippen molar-refractivity contribution in [1.82, 2.24) is 0 Å². The van der Waals surface area contributed by atoms with Crippen molar-refractivity contribution in [1.29, 1.82) is 0 Å². The van der Waals surface area contributed by atoms with Crippen LogP contribution in [0.1, 0.15) is 16.1 Å². The molecule has 3 aromatic rings. The lowest BCUT2D eigenvalue weighted by molar-refractivity contribution is 0.102. The van der Waals surface area contributed by atoms with Crippen LogP contribution in [-0.4, -0.2) is 5.78 Å². The Morgan fingerprint density at radius 3 is 2.95 bits per heavy atom. The van der Waals surface area contributed by atoms with Crippen LogP contribution in [0.4, 0.5) is 0 Å². The summed E-state index contributed by atoms with van der Waals surface area (Å²) in [5.41, 5.74) is 1.68. The van der Waals surface area contributed by atoms with Gasteiger partial charge in [0.25, 0.3) is 0 Å². The number of hydrogen-bond donors (Lipinski definition) is 0. The van der Waals surface area contributed by atoms with Crippen molar-refractivity contribution in [3.05, 3.63) is 63.5 Å². The molecule has 0 N–H and O–H groups in total. The Morgan fingerprint density at radius 1 is 1.26 bits per heavy atom. The molecule has 0 amide bonds. The normalized spacial score (nSPS) is 11.4. The molecule has 0 atom stereocenters. The van der Waals surface area contributed by atoms with Crippen molar-refractivity contribution in [2.75, 3.05) is 0 Å². The van der Waals surface area contributed by atoms with E-state index in [1.807, 2.05) is 16.8 Å². The van der Waals surface area contributed by atoms with Gasteiger partial charge in [0.1, 0.15) is 5.58 Å². The van der Waals surface area contributed by atoms with Crippen LogP contribution < -0.4 is 0 Å². The Morgan fingerprint density at radius 2 is 2.16 bits per heavy atom. The molecule has 2 heterocycles. The largest absolute Gasteiger partial charge is 0.453 e. The molecule has 2 nitrogen and oxygen atoms in total. The molecule has 0 saturated heterocycles. The molecule has 0 saturated carbocycles. The molecule has 0 aliphatic rings. The van der Waals surface area contributed by atoms with Crippen molar-refractivity contribution in [2.45, 2.75) is 0 Å². The van der Waals surface area contributed by atoms with E-state index in [1.165, 1.54) is 6.08 Å². The highest BCUT2D eigenvalue weighted by Gasteiger charge is 2.09. The van der Waals surface area contributed by atoms with Crippen LogP contribution in [0.5, 0.6) is 0 Å². The Kier molecular flexibility index (Phi) is 3.23. The van der Waals surface area contributed by atoms with Gasteiger partial charge in [0, 0.05) is 10.4 Å². The van der Waals surface area contributed by atoms with Crippen molar-refractivity contribution >= 4 is 45.8 Å². The summed E-state index contributed by atoms with van der Waals surface area (Å²) in [6, 6.07) is 8.94. The van der Waals surface area contributed by atoms with E-state index < -0.39 is 0 Å². The maximum absolute atomic E-state index is 12.0. The van der Waals surface area contributed by atoms with Crippen molar-refractivity contribution < 1.29 is 9.21 Å². The van der Waals surface area contributed by atoms with Gasteiger partial charge in [-0.1, -0.05) is 17.7 Å². The summed E-state index contributed by atoms with van der Waals surface area (Å²) in [6.07, 6.45) is 3.29. The number of hydrogen-bond acceptors (Lipinski definition) is 3. The zero-order valence-corrected chi connectivity index (χ0v) is 11.4. The van der Waals surface area contributed by atoms with Gasteiger partial charge in [0.05, 0.1) is 0 Å². The number of benzene rings is 1. The molecule has 0 aliphatic carbocycles. The minimum Gasteiger partial charge on any atom is -0.453 e. The topological polar surface area (TPSA) is 30.2 Å². The number of furan rings is 1. The number of thiophene rings is 1. The third-order valence-corrected chi connectivity index (χ3v) is 3.63. The van der Waals surface area contributed by atoms with Gasteiger partial charge in [-0.15, -0.1) is 0 Å². The molecule has 0 aliphatic heterocycles. The maximum Gasteiger partial charge on any atom is 0.221 e. The van der Waals surface area contributed by atoms with Crippen molar-refractivity contribution in [3.63, 3.8) is 0 Å². The third kappa shape index (κ3) is 2.62. The molecule has 4 heteroatoms. The third-order valence-electron chi connectivity index (χ3n) is 2.69. The number of rotatable bonds is 3. The predicted octanol–water partition coefficient (Wildman–Crippen LogP) is 5.04. The molecule has 2 aromatic heterocycles. The first kappa shape index (κ1) is 12.2. The van der Waals surface area contributed by atoms with Crippen LogP contribution in [0.15, 0.2) is 51.6 Å². The van der Waals surface area contributed by atoms with E-state index in [1.54, 1.807) is 41.7 Å². The zero-order chi connectivity index (χ0) is 13.2. The van der Waals surface area contributed by atoms with E-state index in [4.69, 9.17) is 16.0 Å². The van der Waals surface area contributed by atoms with Crippen LogP contribution in [0.25, 0.3) is 17.0 Å². The fourth-order valence-electron chi connectivity index (χ4n) is 1.76. The van der Waals surface area contributed by atoms with Gasteiger partial charge in [-0.3, -0.25) is 4.79 Å². The summed E-state index contributed by atoms with van der Waals surface area (Å²) in [5, 5.41) is 5.40. The van der Waals surface area contributed by atoms with E-state index in [9.17, 15) is 4.79 Å². The van der Waals surface area contributed by atoms with Crippen molar-refractivity contribution in [3.8, 4) is 0 Å². The second-order valence-electron chi connectivity index (χ2n) is 4.05. The molecule has 0 fully saturated rings. The van der Waals surface area contributed by atoms with Crippen LogP contribution in [0.3, 0.4) is 0 Å². The molecule has 0 unspecified atom stereocenters. The van der Waals surface area contributed by atoms with Gasteiger partial charge in [-0.25, -0.2) is 0 Å². The molecule has 0 spiro atoms. The maximum atomic E-state index is 12.0. The first-order valence-corrected chi connectivity index (χ1v) is 6.98. The zero-order valence-electron chi connectivity index (χ0n) is 9.80. The smallest absolute Gasteiger partial charge is 0.221 e. The minimum absolute atomic E-state index is 0.154. The molecule has 0 radical (unpaired) electrons. The van der Waals surface area contributed by atoms with E-state index >= 15 is 0 Å². The van der Waals surface area contributed by atoms with Gasteiger partial charge in [0.15, 0.2) is 5.76 Å². The van der Waals surface area contributed by atoms with Crippen molar-refractivity contribution in [2.24, 2.45) is 0 Å². The number of carbonyl (C=O) groups excluding carboxylic acids is 1. The summed E-state index contributed by atoms with van der Waals surface area (Å²) >= 11 is 7.49. The minimum atomic E-state index is -0.154. The van der Waals surface area contributed by atoms with Gasteiger partial charge in [0.2, 0.25) is 5.78 Å². The lowest BCUT2D eigenvalue weighted by Crippen LogP contribution is -1.89. The Labute approximate surface area is 118 Å². The SMILES string of the molecule is O=C(/C=C/c1ccsc1)c1cc2cc(Cl)ccc2o1. The van der Waals surface area contributed by atoms with Crippen LogP contribution in [0.2, 0.25) is 5.02 Å². The van der Waals surface area contributed by atoms with Gasteiger partial charge in [-0.2, -0.15) is 11.3 Å². The number of allylic oxidation sites excluding steroid dienone is 1. The Bertz CT molecular complexity index is 754. The lowest BCUT2D eigenvalue weighted by atomic mass is 10.2. The molecular weight excluding hydrogens is 280 g/mol. The molecule has 19 heavy (non-hydrogen) atoms. The second kappa shape index (κ2) is 5.03. The van der Waals surface area contributed by atoms with Crippen LogP contribution in [-0.2, 0) is 0 Å². The van der Waals surface area contributed by atoms with Gasteiger partial charge >= 0.3 is 0 Å². The van der Waals surface area contributed by atoms with Crippen LogP contribution in [0, 0.1) is 0 Å². The summed E-state index contributed by atoms with van der Waals surface area (Å²) in [6.45, 7) is 0. The fourth-order valence-corrected chi connectivity index (χ4v) is 2.57. The van der Waals surface area contributed by atoms with E-state index in [0.717, 1.165) is 10.9 Å². The standard InChI is InChI=1S/C15H9ClO2S/c16-12-2-4-14-11(7-12)8-15(18-14)13(17)3-1-10-5-6-19-9-10/h1-9H/b3-1+. The average Bonchev–Trinajstić information content (AvgIpc) is 3.04. The summed E-state index contributed by atoms with van der Waals surface area (Å²) < 4.78 is 5.50. The summed E-state index contributed by atoms with van der Waals surface area (Å²) in [5.74, 6) is 0.169. The Balaban J connectivity index is 1.89. The number of carbonyl (C=O) groups is 1. The highest BCUT2D eigenvalue weighted by Crippen LogP contribution is 2.23. The molecular formula is C15H9ClO2S. The quantitative estimate of drug-likeness (QED) is 0.499. The number of fused-ring (bicyclic) bond motifs is 1. The Hall–Kier alpha value is -1.84. The number of halogens is 1. The molecule has 3 rings (SSSR count). The second-order valence-corrected chi connectivity index (χ2v) is 5.26. The average molecular weight is 289 g/mol. The first-order chi connectivity index (χ1) is 9.22. The molecule has 1 aromatic carbocycles. The summed E-state index contributed by atoms with van der Waals surface area (Å²) in [4.78, 5) is 12.0. The predicted molar refractivity (Wildman–Crippen MR) is 78.9 cm³/mol. The molecule has 0 bridgehead atoms. The monoisotopic (exact) mass is 288 g/mol. The summed E-state index contributed by atoms with van der Waals surface area (Å²) in [7, 11) is 0. The highest BCUT2D eigenvalue weighted by atomic mass is 35.5.